The number of urea groups is 1. The van der Waals surface area contributed by atoms with Crippen LogP contribution < -0.4 is 10.1 Å². The van der Waals surface area contributed by atoms with E-state index in [0.29, 0.717) is 38.3 Å². The molecule has 184 valence electrons. The summed E-state index contributed by atoms with van der Waals surface area (Å²) >= 11 is 0. The second kappa shape index (κ2) is 10.1. The minimum absolute atomic E-state index is 0.119. The third-order valence-electron chi connectivity index (χ3n) is 6.37. The largest absolute Gasteiger partial charge is 0.492 e. The molecular weight excluding hydrogens is 454 g/mol. The molecule has 2 aliphatic heterocycles. The van der Waals surface area contributed by atoms with E-state index in [1.54, 1.807) is 4.90 Å². The molecule has 0 saturated carbocycles. The third-order valence-corrected chi connectivity index (χ3v) is 6.37. The lowest BCUT2D eigenvalue weighted by Gasteiger charge is -2.35. The summed E-state index contributed by atoms with van der Waals surface area (Å²) in [4.78, 5) is 53.6. The van der Waals surface area contributed by atoms with Crippen molar-refractivity contribution in [2.75, 3.05) is 45.9 Å². The summed E-state index contributed by atoms with van der Waals surface area (Å²) in [6, 6.07) is 14.3. The Bertz CT molecular complexity index is 1100. The van der Waals surface area contributed by atoms with Crippen LogP contribution in [0, 0.1) is 10.1 Å². The lowest BCUT2D eigenvalue weighted by molar-refractivity contribution is -0.384. The van der Waals surface area contributed by atoms with Crippen LogP contribution >= 0.6 is 0 Å². The molecule has 11 nitrogen and oxygen atoms in total. The molecule has 2 aromatic carbocycles. The van der Waals surface area contributed by atoms with Gasteiger partial charge in [-0.15, -0.1) is 0 Å². The van der Waals surface area contributed by atoms with Gasteiger partial charge in [0.15, 0.2) is 0 Å². The van der Waals surface area contributed by atoms with E-state index in [1.165, 1.54) is 31.2 Å². The van der Waals surface area contributed by atoms with Gasteiger partial charge in [0.05, 0.1) is 4.92 Å². The summed E-state index contributed by atoms with van der Waals surface area (Å²) in [7, 11) is 0. The Morgan fingerprint density at radius 1 is 1.06 bits per heavy atom. The second-order valence-electron chi connectivity index (χ2n) is 8.63. The number of nitro groups is 1. The quantitative estimate of drug-likeness (QED) is 0.345. The number of carbonyl (C=O) groups is 3. The maximum atomic E-state index is 13.1. The average molecular weight is 482 g/mol. The first kappa shape index (κ1) is 24.1. The van der Waals surface area contributed by atoms with Crippen molar-refractivity contribution in [2.45, 2.75) is 12.5 Å². The van der Waals surface area contributed by atoms with Crippen LogP contribution in [-0.2, 0) is 15.1 Å². The van der Waals surface area contributed by atoms with Gasteiger partial charge < -0.3 is 15.0 Å². The number of piperazine rings is 1. The molecule has 4 amide bonds. The zero-order valence-corrected chi connectivity index (χ0v) is 19.4. The first-order valence-electron chi connectivity index (χ1n) is 11.3. The molecule has 2 aliphatic rings. The molecule has 2 saturated heterocycles. The first-order valence-corrected chi connectivity index (χ1v) is 11.3. The fraction of sp³-hybridized carbons (Fsp3) is 0.375. The van der Waals surface area contributed by atoms with Gasteiger partial charge in [0.1, 0.15) is 24.4 Å². The number of nitrogens with zero attached hydrogens (tertiary/aromatic N) is 4. The number of hydrogen-bond donors (Lipinski definition) is 1. The molecule has 2 aromatic rings. The maximum Gasteiger partial charge on any atom is 0.325 e. The molecule has 1 N–H and O–H groups in total. The Kier molecular flexibility index (Phi) is 6.97. The van der Waals surface area contributed by atoms with Crippen LogP contribution in [0.5, 0.6) is 5.75 Å². The summed E-state index contributed by atoms with van der Waals surface area (Å²) in [5, 5.41) is 13.5. The van der Waals surface area contributed by atoms with Crippen molar-refractivity contribution >= 4 is 23.5 Å². The molecule has 2 fully saturated rings. The smallest absolute Gasteiger partial charge is 0.325 e. The number of carbonyl (C=O) groups excluding carboxylic acids is 3. The number of non-ortho nitro benzene ring substituents is 1. The summed E-state index contributed by atoms with van der Waals surface area (Å²) in [6.45, 7) is 4.77. The number of amides is 4. The highest BCUT2D eigenvalue weighted by molar-refractivity contribution is 6.09. The van der Waals surface area contributed by atoms with Crippen LogP contribution in [0.2, 0.25) is 0 Å². The van der Waals surface area contributed by atoms with E-state index >= 15 is 0 Å². The highest BCUT2D eigenvalue weighted by Crippen LogP contribution is 2.30. The van der Waals surface area contributed by atoms with Gasteiger partial charge in [0.2, 0.25) is 5.91 Å². The highest BCUT2D eigenvalue weighted by atomic mass is 16.6. The molecule has 4 rings (SSSR count). The van der Waals surface area contributed by atoms with Crippen molar-refractivity contribution in [1.29, 1.82) is 0 Å². The minimum atomic E-state index is -1.40. The topological polar surface area (TPSA) is 125 Å². The van der Waals surface area contributed by atoms with E-state index in [1.807, 2.05) is 30.3 Å². The molecule has 0 aliphatic carbocycles. The monoisotopic (exact) mass is 481 g/mol. The SMILES string of the molecule is CC1(c2ccc([N+](=O)[O-])cc2)NC(=O)N(CC(=O)N2CCN(CCOc3ccccc3)CC2)C1=O. The lowest BCUT2D eigenvalue weighted by atomic mass is 9.92. The van der Waals surface area contributed by atoms with Gasteiger partial charge in [-0.05, 0) is 36.8 Å². The number of ether oxygens (including phenoxy) is 1. The molecule has 0 aromatic heterocycles. The zero-order valence-electron chi connectivity index (χ0n) is 19.4. The highest BCUT2D eigenvalue weighted by Gasteiger charge is 2.49. The Hall–Kier alpha value is -3.99. The molecule has 1 unspecified atom stereocenters. The van der Waals surface area contributed by atoms with Crippen molar-refractivity contribution in [3.8, 4) is 5.75 Å². The molecular formula is C24H27N5O6. The third kappa shape index (κ3) is 5.24. The number of imide groups is 1. The number of nitrogens with one attached hydrogen (secondary N) is 1. The molecule has 0 radical (unpaired) electrons. The Labute approximate surface area is 202 Å². The lowest BCUT2D eigenvalue weighted by Crippen LogP contribution is -2.52. The summed E-state index contributed by atoms with van der Waals surface area (Å²) in [5.74, 6) is -0.0568. The van der Waals surface area contributed by atoms with Crippen molar-refractivity contribution in [2.24, 2.45) is 0 Å². The molecule has 0 bridgehead atoms. The minimum Gasteiger partial charge on any atom is -0.492 e. The molecule has 35 heavy (non-hydrogen) atoms. The molecule has 11 heteroatoms. The Balaban J connectivity index is 1.28. The van der Waals surface area contributed by atoms with Gasteiger partial charge in [0, 0.05) is 44.9 Å². The van der Waals surface area contributed by atoms with E-state index in [-0.39, 0.29) is 18.1 Å². The Morgan fingerprint density at radius 2 is 1.71 bits per heavy atom. The number of nitro benzene ring substituents is 1. The van der Waals surface area contributed by atoms with Crippen molar-refractivity contribution < 1.29 is 24.0 Å². The van der Waals surface area contributed by atoms with Gasteiger partial charge in [-0.1, -0.05) is 18.2 Å². The van der Waals surface area contributed by atoms with Gasteiger partial charge in [-0.2, -0.15) is 0 Å². The second-order valence-corrected chi connectivity index (χ2v) is 8.63. The number of rotatable bonds is 8. The van der Waals surface area contributed by atoms with Crippen LogP contribution in [0.3, 0.4) is 0 Å². The van der Waals surface area contributed by atoms with Crippen molar-refractivity contribution in [3.63, 3.8) is 0 Å². The molecule has 0 spiro atoms. The summed E-state index contributed by atoms with van der Waals surface area (Å²) < 4.78 is 5.73. The number of benzene rings is 2. The van der Waals surface area contributed by atoms with Crippen LogP contribution in [0.1, 0.15) is 12.5 Å². The van der Waals surface area contributed by atoms with E-state index in [9.17, 15) is 24.5 Å². The van der Waals surface area contributed by atoms with E-state index in [2.05, 4.69) is 10.2 Å². The fourth-order valence-corrected chi connectivity index (χ4v) is 4.22. The predicted octanol–water partition coefficient (Wildman–Crippen LogP) is 1.58. The van der Waals surface area contributed by atoms with Gasteiger partial charge >= 0.3 is 6.03 Å². The fourth-order valence-electron chi connectivity index (χ4n) is 4.22. The van der Waals surface area contributed by atoms with E-state index in [0.717, 1.165) is 17.2 Å². The molecule has 1 atom stereocenters. The first-order chi connectivity index (χ1) is 16.8. The normalized spacial score (nSPS) is 20.6. The number of para-hydroxylation sites is 1. The van der Waals surface area contributed by atoms with Gasteiger partial charge in [0.25, 0.3) is 11.6 Å². The van der Waals surface area contributed by atoms with Gasteiger partial charge in [-0.3, -0.25) is 29.5 Å². The van der Waals surface area contributed by atoms with Crippen LogP contribution in [0.15, 0.2) is 54.6 Å². The average Bonchev–Trinajstić information content (AvgIpc) is 3.09. The van der Waals surface area contributed by atoms with Crippen LogP contribution in [-0.4, -0.2) is 83.3 Å². The summed E-state index contributed by atoms with van der Waals surface area (Å²) in [6.07, 6.45) is 0. The van der Waals surface area contributed by atoms with Crippen LogP contribution in [0.25, 0.3) is 0 Å². The van der Waals surface area contributed by atoms with E-state index in [4.69, 9.17) is 4.74 Å². The van der Waals surface area contributed by atoms with Crippen molar-refractivity contribution in [1.82, 2.24) is 20.0 Å². The maximum absolute atomic E-state index is 13.1. The van der Waals surface area contributed by atoms with Gasteiger partial charge in [-0.25, -0.2) is 4.79 Å². The zero-order chi connectivity index (χ0) is 25.0. The van der Waals surface area contributed by atoms with Crippen LogP contribution in [0.4, 0.5) is 10.5 Å². The summed E-state index contributed by atoms with van der Waals surface area (Å²) in [5.41, 5.74) is -1.11. The standard InChI is InChI=1S/C24H27N5O6/c1-24(18-7-9-19(10-8-18)29(33)34)22(31)28(23(32)25-24)17-21(30)27-13-11-26(12-14-27)15-16-35-20-5-3-2-4-6-20/h2-10H,11-17H2,1H3,(H,25,32). The molecule has 2 heterocycles. The van der Waals surface area contributed by atoms with Crippen molar-refractivity contribution in [3.05, 3.63) is 70.3 Å². The Morgan fingerprint density at radius 3 is 2.34 bits per heavy atom. The number of hydrogen-bond acceptors (Lipinski definition) is 7. The van der Waals surface area contributed by atoms with E-state index < -0.39 is 22.4 Å². The predicted molar refractivity (Wildman–Crippen MR) is 126 cm³/mol.